The molecular formula is C21H21F2N9O2. The molecule has 1 saturated heterocycles. The van der Waals surface area contributed by atoms with E-state index in [-0.39, 0.29) is 30.9 Å². The Balaban J connectivity index is 1.41. The molecule has 0 unspecified atom stereocenters. The van der Waals surface area contributed by atoms with Gasteiger partial charge in [-0.25, -0.2) is 23.2 Å². The Labute approximate surface area is 192 Å². The van der Waals surface area contributed by atoms with E-state index in [1.165, 1.54) is 27.9 Å². The zero-order chi connectivity index (χ0) is 23.8. The van der Waals surface area contributed by atoms with Gasteiger partial charge in [0.05, 0.1) is 35.7 Å². The van der Waals surface area contributed by atoms with Crippen molar-refractivity contribution in [3.05, 3.63) is 54.1 Å². The van der Waals surface area contributed by atoms with Crippen LogP contribution in [0.25, 0.3) is 11.0 Å². The Morgan fingerprint density at radius 1 is 1.12 bits per heavy atom. The number of anilines is 3. The van der Waals surface area contributed by atoms with Crippen molar-refractivity contribution in [3.8, 4) is 0 Å². The monoisotopic (exact) mass is 469 g/mol. The predicted octanol–water partition coefficient (Wildman–Crippen LogP) is 2.43. The van der Waals surface area contributed by atoms with Crippen molar-refractivity contribution in [2.24, 2.45) is 7.05 Å². The van der Waals surface area contributed by atoms with Gasteiger partial charge in [-0.05, 0) is 12.1 Å². The van der Waals surface area contributed by atoms with Gasteiger partial charge in [-0.1, -0.05) is 0 Å². The summed E-state index contributed by atoms with van der Waals surface area (Å²) in [6.07, 6.45) is 5.49. The summed E-state index contributed by atoms with van der Waals surface area (Å²) < 4.78 is 33.2. The molecule has 11 nitrogen and oxygen atoms in total. The molecular weight excluding hydrogens is 448 g/mol. The van der Waals surface area contributed by atoms with E-state index in [1.807, 2.05) is 0 Å². The van der Waals surface area contributed by atoms with Gasteiger partial charge in [-0.15, -0.1) is 0 Å². The molecule has 0 bridgehead atoms. The van der Waals surface area contributed by atoms with Gasteiger partial charge in [0.15, 0.2) is 11.5 Å². The fraction of sp³-hybridized carbons (Fsp3) is 0.286. The minimum atomic E-state index is -1.01. The third-order valence-corrected chi connectivity index (χ3v) is 5.70. The van der Waals surface area contributed by atoms with Crippen molar-refractivity contribution in [3.63, 3.8) is 0 Å². The number of rotatable bonds is 5. The van der Waals surface area contributed by atoms with E-state index in [9.17, 15) is 9.18 Å². The highest BCUT2D eigenvalue weighted by Crippen LogP contribution is 2.27. The molecule has 1 amide bonds. The minimum absolute atomic E-state index is 0.149. The molecule has 1 aliphatic heterocycles. The first kappa shape index (κ1) is 21.6. The number of aryl methyl sites for hydroxylation is 1. The summed E-state index contributed by atoms with van der Waals surface area (Å²) in [6, 6.07) is 2.59. The quantitative estimate of drug-likeness (QED) is 0.458. The first-order valence-electron chi connectivity index (χ1n) is 10.5. The number of carboxylic acid groups (broad SMARTS) is 1. The van der Waals surface area contributed by atoms with Crippen LogP contribution in [0.3, 0.4) is 0 Å². The van der Waals surface area contributed by atoms with E-state index >= 15 is 4.39 Å². The molecule has 0 spiro atoms. The van der Waals surface area contributed by atoms with E-state index in [0.29, 0.717) is 35.8 Å². The van der Waals surface area contributed by atoms with Crippen LogP contribution in [-0.4, -0.2) is 71.8 Å². The standard InChI is InChI=1S/C21H21F2N9O2/c1-29-11-14(10-25-29)27-20-24-8-13-9-26-32(19(13)28-20)12-15-16(22)2-3-17(18(15)23)30-4-6-31(7-5-30)21(33)34/h2-3,8-11H,4-7,12H2,1H3,(H,33,34)(H,24,27,28). The molecule has 0 atom stereocenters. The molecule has 1 aliphatic rings. The van der Waals surface area contributed by atoms with Crippen LogP contribution in [-0.2, 0) is 13.6 Å². The number of nitrogens with zero attached hydrogens (tertiary/aromatic N) is 8. The molecule has 0 radical (unpaired) electrons. The van der Waals surface area contributed by atoms with E-state index in [0.717, 1.165) is 0 Å². The molecule has 4 aromatic rings. The lowest BCUT2D eigenvalue weighted by Gasteiger charge is -2.35. The lowest BCUT2D eigenvalue weighted by molar-refractivity contribution is 0.142. The van der Waals surface area contributed by atoms with Gasteiger partial charge in [-0.2, -0.15) is 15.2 Å². The maximum Gasteiger partial charge on any atom is 0.407 e. The Morgan fingerprint density at radius 3 is 2.62 bits per heavy atom. The average molecular weight is 469 g/mol. The third kappa shape index (κ3) is 4.07. The molecule has 34 heavy (non-hydrogen) atoms. The smallest absolute Gasteiger partial charge is 0.407 e. The number of benzene rings is 1. The number of aromatic nitrogens is 6. The largest absolute Gasteiger partial charge is 0.465 e. The van der Waals surface area contributed by atoms with Gasteiger partial charge in [-0.3, -0.25) is 4.68 Å². The number of halogens is 2. The summed E-state index contributed by atoms with van der Waals surface area (Å²) in [7, 11) is 1.79. The summed E-state index contributed by atoms with van der Waals surface area (Å²) in [4.78, 5) is 22.8. The summed E-state index contributed by atoms with van der Waals surface area (Å²) in [5.74, 6) is -1.10. The van der Waals surface area contributed by atoms with Crippen LogP contribution in [0.15, 0.2) is 36.9 Å². The van der Waals surface area contributed by atoms with Crippen molar-refractivity contribution < 1.29 is 18.7 Å². The highest BCUT2D eigenvalue weighted by atomic mass is 19.1. The van der Waals surface area contributed by atoms with Crippen LogP contribution in [0.1, 0.15) is 5.56 Å². The van der Waals surface area contributed by atoms with Crippen molar-refractivity contribution in [1.82, 2.24) is 34.4 Å². The fourth-order valence-corrected chi connectivity index (χ4v) is 3.92. The zero-order valence-electron chi connectivity index (χ0n) is 18.2. The molecule has 1 aromatic carbocycles. The molecule has 0 saturated carbocycles. The van der Waals surface area contributed by atoms with Gasteiger partial charge < -0.3 is 20.2 Å². The second kappa shape index (κ2) is 8.57. The molecule has 5 rings (SSSR count). The van der Waals surface area contributed by atoms with Crippen molar-refractivity contribution >= 4 is 34.4 Å². The average Bonchev–Trinajstić information content (AvgIpc) is 3.42. The lowest BCUT2D eigenvalue weighted by Crippen LogP contribution is -2.48. The number of nitrogens with one attached hydrogen (secondary N) is 1. The Morgan fingerprint density at radius 2 is 1.91 bits per heavy atom. The number of fused-ring (bicyclic) bond motifs is 1. The van der Waals surface area contributed by atoms with Gasteiger partial charge in [0.1, 0.15) is 5.82 Å². The number of carbonyl (C=O) groups is 1. The Bertz CT molecular complexity index is 1360. The second-order valence-corrected chi connectivity index (χ2v) is 7.92. The van der Waals surface area contributed by atoms with Crippen LogP contribution < -0.4 is 10.2 Å². The summed E-state index contributed by atoms with van der Waals surface area (Å²) in [5.41, 5.74) is 1.19. The van der Waals surface area contributed by atoms with Gasteiger partial charge in [0, 0.05) is 51.2 Å². The SMILES string of the molecule is Cn1cc(Nc2ncc3cnn(Cc4c(F)ccc(N5CCN(C(=O)O)CC5)c4F)c3n2)cn1. The molecule has 176 valence electrons. The Kier molecular flexibility index (Phi) is 5.43. The maximum absolute atomic E-state index is 15.4. The number of piperazine rings is 1. The molecule has 2 N–H and O–H groups in total. The van der Waals surface area contributed by atoms with E-state index in [1.54, 1.807) is 35.2 Å². The Hall–Kier alpha value is -4.29. The van der Waals surface area contributed by atoms with Crippen LogP contribution in [0.2, 0.25) is 0 Å². The number of hydrogen-bond acceptors (Lipinski definition) is 7. The van der Waals surface area contributed by atoms with Crippen molar-refractivity contribution in [1.29, 1.82) is 0 Å². The molecule has 4 heterocycles. The normalized spacial score (nSPS) is 14.1. The molecule has 3 aromatic heterocycles. The van der Waals surface area contributed by atoms with Gasteiger partial charge in [0.2, 0.25) is 5.95 Å². The highest BCUT2D eigenvalue weighted by Gasteiger charge is 2.25. The van der Waals surface area contributed by atoms with Gasteiger partial charge >= 0.3 is 6.09 Å². The van der Waals surface area contributed by atoms with E-state index < -0.39 is 17.7 Å². The molecule has 1 fully saturated rings. The van der Waals surface area contributed by atoms with Crippen molar-refractivity contribution in [2.45, 2.75) is 6.54 Å². The fourth-order valence-electron chi connectivity index (χ4n) is 3.92. The van der Waals surface area contributed by atoms with Crippen LogP contribution in [0.5, 0.6) is 0 Å². The zero-order valence-corrected chi connectivity index (χ0v) is 18.2. The predicted molar refractivity (Wildman–Crippen MR) is 119 cm³/mol. The molecule has 0 aliphatic carbocycles. The lowest BCUT2D eigenvalue weighted by atomic mass is 10.1. The first-order chi connectivity index (χ1) is 16.4. The van der Waals surface area contributed by atoms with E-state index in [2.05, 4.69) is 25.5 Å². The minimum Gasteiger partial charge on any atom is -0.465 e. The van der Waals surface area contributed by atoms with Crippen molar-refractivity contribution in [2.75, 3.05) is 36.4 Å². The summed E-state index contributed by atoms with van der Waals surface area (Å²) in [5, 5.41) is 21.1. The topological polar surface area (TPSA) is 117 Å². The summed E-state index contributed by atoms with van der Waals surface area (Å²) >= 11 is 0. The number of hydrogen-bond donors (Lipinski definition) is 2. The van der Waals surface area contributed by atoms with Crippen LogP contribution >= 0.6 is 0 Å². The maximum atomic E-state index is 15.4. The second-order valence-electron chi connectivity index (χ2n) is 7.92. The highest BCUT2D eigenvalue weighted by molar-refractivity contribution is 5.75. The first-order valence-corrected chi connectivity index (χ1v) is 10.5. The van der Waals surface area contributed by atoms with Gasteiger partial charge in [0.25, 0.3) is 0 Å². The van der Waals surface area contributed by atoms with Crippen LogP contribution in [0, 0.1) is 11.6 Å². The van der Waals surface area contributed by atoms with E-state index in [4.69, 9.17) is 5.11 Å². The number of amides is 1. The summed E-state index contributed by atoms with van der Waals surface area (Å²) in [6.45, 7) is 0.947. The molecule has 13 heteroatoms. The third-order valence-electron chi connectivity index (χ3n) is 5.70. The van der Waals surface area contributed by atoms with Crippen LogP contribution in [0.4, 0.5) is 30.9 Å².